The van der Waals surface area contributed by atoms with Gasteiger partial charge in [0.2, 0.25) is 0 Å². The first-order valence-corrected chi connectivity index (χ1v) is 13.0. The molecule has 0 radical (unpaired) electrons. The van der Waals surface area contributed by atoms with Gasteiger partial charge in [0, 0.05) is 30.4 Å². The van der Waals surface area contributed by atoms with Crippen LogP contribution in [0.15, 0.2) is 43.5 Å². The Morgan fingerprint density at radius 1 is 1.08 bits per heavy atom. The van der Waals surface area contributed by atoms with Crippen LogP contribution in [0.5, 0.6) is 5.75 Å². The molecular formula is C32H49NO3. The minimum atomic E-state index is 0.365. The van der Waals surface area contributed by atoms with Crippen molar-refractivity contribution in [3.63, 3.8) is 0 Å². The highest BCUT2D eigenvalue weighted by Crippen LogP contribution is 2.39. The smallest absolute Gasteiger partial charge is 0.153 e. The van der Waals surface area contributed by atoms with E-state index in [0.29, 0.717) is 6.61 Å². The van der Waals surface area contributed by atoms with Crippen molar-refractivity contribution in [2.24, 2.45) is 5.92 Å². The van der Waals surface area contributed by atoms with E-state index in [9.17, 15) is 0 Å². The molecule has 4 nitrogen and oxygen atoms in total. The average molecular weight is 496 g/mol. The van der Waals surface area contributed by atoms with Crippen molar-refractivity contribution in [1.29, 1.82) is 0 Å². The first kappa shape index (κ1) is 33.3. The molecule has 2 aromatic rings. The Hall–Kier alpha value is -2.69. The second kappa shape index (κ2) is 19.5. The first-order chi connectivity index (χ1) is 17.4. The first-order valence-electron chi connectivity index (χ1n) is 13.0. The lowest BCUT2D eigenvalue weighted by atomic mass is 9.94. The Morgan fingerprint density at radius 2 is 1.67 bits per heavy atom. The highest BCUT2D eigenvalue weighted by atomic mass is 16.5. The highest BCUT2D eigenvalue weighted by molar-refractivity contribution is 5.85. The van der Waals surface area contributed by atoms with Crippen LogP contribution in [-0.2, 0) is 0 Å². The number of ether oxygens (including phenoxy) is 1. The average Bonchev–Trinajstić information content (AvgIpc) is 2.89. The van der Waals surface area contributed by atoms with Gasteiger partial charge in [-0.25, -0.2) is 4.98 Å². The molecule has 1 heterocycles. The zero-order valence-electron chi connectivity index (χ0n) is 23.7. The minimum Gasteiger partial charge on any atom is -0.494 e. The molecule has 0 aliphatic rings. The normalized spacial score (nSPS) is 10.4. The molecule has 0 spiro atoms. The number of aliphatic hydroxyl groups excluding tert-OH is 2. The number of nitrogens with zero attached hydrogens (tertiary/aromatic N) is 1. The van der Waals surface area contributed by atoms with Gasteiger partial charge in [-0.2, -0.15) is 0 Å². The quantitative estimate of drug-likeness (QED) is 0.310. The molecule has 2 N–H and O–H groups in total. The fraction of sp³-hybridized carbons (Fsp3) is 0.469. The van der Waals surface area contributed by atoms with Crippen LogP contribution in [0, 0.1) is 12.8 Å². The molecule has 0 bridgehead atoms. The van der Waals surface area contributed by atoms with E-state index >= 15 is 0 Å². The maximum absolute atomic E-state index is 8.65. The standard InChI is InChI=1S/C21H23NO.C10H22O.CH4O/c1-7-9-18-17(8-2)19(14(3)4)21(23-6)20(22-18)16-12-10-15(5)11-13-16;1-3-6-10(7-4-2)8-5-9-11;1-2/h7-13H,2-3H2,1,4-6H3;10-11H,3-9H2,1-2H3;2H,1H3/b9-7-;;. The van der Waals surface area contributed by atoms with Crippen LogP contribution >= 0.6 is 0 Å². The fourth-order valence-corrected chi connectivity index (χ4v) is 4.25. The molecule has 1 aromatic carbocycles. The van der Waals surface area contributed by atoms with Gasteiger partial charge in [0.25, 0.3) is 0 Å². The lowest BCUT2D eigenvalue weighted by molar-refractivity contribution is 0.264. The molecule has 0 aliphatic heterocycles. The van der Waals surface area contributed by atoms with Gasteiger partial charge in [-0.3, -0.25) is 0 Å². The summed E-state index contributed by atoms with van der Waals surface area (Å²) in [5.41, 5.74) is 6.77. The Balaban J connectivity index is 0.000000796. The van der Waals surface area contributed by atoms with E-state index in [-0.39, 0.29) is 0 Å². The van der Waals surface area contributed by atoms with E-state index in [4.69, 9.17) is 19.9 Å². The fourth-order valence-electron chi connectivity index (χ4n) is 4.25. The van der Waals surface area contributed by atoms with Crippen LogP contribution in [0.25, 0.3) is 29.0 Å². The maximum atomic E-state index is 8.65. The van der Waals surface area contributed by atoms with Crippen molar-refractivity contribution in [2.75, 3.05) is 20.8 Å². The van der Waals surface area contributed by atoms with Crippen molar-refractivity contribution < 1.29 is 14.9 Å². The Kier molecular flexibility index (Phi) is 18.0. The number of allylic oxidation sites excluding steroid dienone is 2. The summed E-state index contributed by atoms with van der Waals surface area (Å²) in [7, 11) is 2.67. The third-order valence-electron chi connectivity index (χ3n) is 5.87. The molecule has 0 saturated carbocycles. The van der Waals surface area contributed by atoms with E-state index in [2.05, 4.69) is 58.2 Å². The van der Waals surface area contributed by atoms with Gasteiger partial charge in [-0.05, 0) is 51.2 Å². The van der Waals surface area contributed by atoms with Crippen molar-refractivity contribution in [1.82, 2.24) is 4.98 Å². The van der Waals surface area contributed by atoms with E-state index in [0.717, 1.165) is 58.8 Å². The predicted molar refractivity (Wildman–Crippen MR) is 158 cm³/mol. The van der Waals surface area contributed by atoms with Crippen LogP contribution in [0.3, 0.4) is 0 Å². The molecular weight excluding hydrogens is 446 g/mol. The molecule has 0 fully saturated rings. The number of hydrogen-bond acceptors (Lipinski definition) is 4. The molecule has 2 rings (SSSR count). The van der Waals surface area contributed by atoms with Crippen molar-refractivity contribution >= 4 is 17.7 Å². The second-order valence-corrected chi connectivity index (χ2v) is 8.83. The summed E-state index contributed by atoms with van der Waals surface area (Å²) in [5.74, 6) is 1.61. The number of pyridine rings is 1. The number of aromatic nitrogens is 1. The third-order valence-corrected chi connectivity index (χ3v) is 5.87. The highest BCUT2D eigenvalue weighted by Gasteiger charge is 2.19. The van der Waals surface area contributed by atoms with Crippen molar-refractivity contribution in [3.05, 3.63) is 65.9 Å². The summed E-state index contributed by atoms with van der Waals surface area (Å²) in [5, 5.41) is 15.7. The molecule has 36 heavy (non-hydrogen) atoms. The van der Waals surface area contributed by atoms with E-state index < -0.39 is 0 Å². The summed E-state index contributed by atoms with van der Waals surface area (Å²) in [4.78, 5) is 4.82. The van der Waals surface area contributed by atoms with Gasteiger partial charge in [0.1, 0.15) is 5.69 Å². The van der Waals surface area contributed by atoms with E-state index in [1.807, 2.05) is 32.1 Å². The molecule has 0 unspecified atom stereocenters. The third kappa shape index (κ3) is 10.5. The molecule has 0 saturated heterocycles. The lowest BCUT2D eigenvalue weighted by Crippen LogP contribution is -2.02. The summed E-state index contributed by atoms with van der Waals surface area (Å²) in [6.07, 6.45) is 13.2. The SMILES string of the molecule is C=Cc1c(/C=C\C)nc(-c2ccc(C)cc2)c(OC)c1C(=C)C.CCCC(CCC)CCCO.CO. The zero-order valence-corrected chi connectivity index (χ0v) is 23.7. The Morgan fingerprint density at radius 3 is 2.08 bits per heavy atom. The number of benzene rings is 1. The molecule has 200 valence electrons. The summed E-state index contributed by atoms with van der Waals surface area (Å²) in [6, 6.07) is 8.28. The largest absolute Gasteiger partial charge is 0.494 e. The minimum absolute atomic E-state index is 0.365. The Bertz CT molecular complexity index is 923. The molecule has 0 amide bonds. The molecule has 0 atom stereocenters. The van der Waals surface area contributed by atoms with Gasteiger partial charge in [-0.1, -0.05) is 94.7 Å². The van der Waals surface area contributed by atoms with Gasteiger partial charge in [0.05, 0.1) is 12.8 Å². The number of aryl methyl sites for hydroxylation is 1. The summed E-state index contributed by atoms with van der Waals surface area (Å²) in [6.45, 7) is 18.9. The molecule has 4 heteroatoms. The zero-order chi connectivity index (χ0) is 27.5. The molecule has 0 aliphatic carbocycles. The predicted octanol–water partition coefficient (Wildman–Crippen LogP) is 8.36. The number of methoxy groups -OCH3 is 1. The topological polar surface area (TPSA) is 62.6 Å². The van der Waals surface area contributed by atoms with Gasteiger partial charge in [0.15, 0.2) is 5.75 Å². The van der Waals surface area contributed by atoms with Gasteiger partial charge >= 0.3 is 0 Å². The van der Waals surface area contributed by atoms with Gasteiger partial charge < -0.3 is 14.9 Å². The summed E-state index contributed by atoms with van der Waals surface area (Å²) < 4.78 is 5.70. The second-order valence-electron chi connectivity index (χ2n) is 8.83. The molecule has 1 aromatic heterocycles. The maximum Gasteiger partial charge on any atom is 0.153 e. The number of aliphatic hydroxyl groups is 2. The van der Waals surface area contributed by atoms with Gasteiger partial charge in [-0.15, -0.1) is 0 Å². The number of rotatable bonds is 12. The van der Waals surface area contributed by atoms with Crippen LogP contribution in [0.1, 0.15) is 88.6 Å². The number of hydrogen-bond donors (Lipinski definition) is 2. The lowest BCUT2D eigenvalue weighted by Gasteiger charge is -2.18. The van der Waals surface area contributed by atoms with Crippen LogP contribution < -0.4 is 4.74 Å². The van der Waals surface area contributed by atoms with E-state index in [1.165, 1.54) is 37.7 Å². The van der Waals surface area contributed by atoms with Crippen LogP contribution in [0.2, 0.25) is 0 Å². The Labute approximate surface area is 220 Å². The van der Waals surface area contributed by atoms with Crippen molar-refractivity contribution in [3.8, 4) is 17.0 Å². The van der Waals surface area contributed by atoms with Crippen molar-refractivity contribution in [2.45, 2.75) is 73.1 Å². The van der Waals surface area contributed by atoms with E-state index in [1.54, 1.807) is 7.11 Å². The summed E-state index contributed by atoms with van der Waals surface area (Å²) >= 11 is 0. The van der Waals surface area contributed by atoms with Crippen LogP contribution in [-0.4, -0.2) is 36.0 Å². The monoisotopic (exact) mass is 495 g/mol. The van der Waals surface area contributed by atoms with Crippen LogP contribution in [0.4, 0.5) is 0 Å².